The summed E-state index contributed by atoms with van der Waals surface area (Å²) in [4.78, 5) is 29.6. The number of methoxy groups -OCH3 is 1. The normalized spacial score (nSPS) is 13.3. The first-order valence-corrected chi connectivity index (χ1v) is 10.9. The van der Waals surface area contributed by atoms with E-state index in [0.717, 1.165) is 12.8 Å². The van der Waals surface area contributed by atoms with Crippen molar-refractivity contribution in [2.75, 3.05) is 24.8 Å². The first-order chi connectivity index (χ1) is 17.0. The van der Waals surface area contributed by atoms with Crippen LogP contribution in [0.1, 0.15) is 34.3 Å². The summed E-state index contributed by atoms with van der Waals surface area (Å²) in [6.07, 6.45) is 6.13. The molecule has 1 aromatic carbocycles. The maximum Gasteiger partial charge on any atom is 0.169 e. The molecule has 4 rings (SSSR count). The van der Waals surface area contributed by atoms with Crippen molar-refractivity contribution in [3.63, 3.8) is 0 Å². The summed E-state index contributed by atoms with van der Waals surface area (Å²) in [5, 5.41) is 15.4. The molecule has 0 radical (unpaired) electrons. The molecule has 1 fully saturated rings. The minimum Gasteiger partial charge on any atom is -0.494 e. The zero-order valence-electron chi connectivity index (χ0n) is 19.3. The zero-order chi connectivity index (χ0) is 24.8. The maximum absolute atomic E-state index is 13.0. The van der Waals surface area contributed by atoms with Crippen molar-refractivity contribution in [3.05, 3.63) is 65.5 Å². The van der Waals surface area contributed by atoms with Crippen LogP contribution in [0.2, 0.25) is 0 Å². The van der Waals surface area contributed by atoms with Gasteiger partial charge in [0.1, 0.15) is 29.9 Å². The Morgan fingerprint density at radius 2 is 1.94 bits per heavy atom. The number of nitrogens with zero attached hydrogens (tertiary/aromatic N) is 5. The second kappa shape index (κ2) is 10.4. The van der Waals surface area contributed by atoms with Gasteiger partial charge < -0.3 is 21.1 Å². The van der Waals surface area contributed by atoms with Crippen molar-refractivity contribution in [1.29, 1.82) is 5.26 Å². The van der Waals surface area contributed by atoms with E-state index in [1.54, 1.807) is 37.5 Å². The highest BCUT2D eigenvalue weighted by atomic mass is 16.5. The van der Waals surface area contributed by atoms with Gasteiger partial charge in [-0.3, -0.25) is 9.79 Å². The number of hydrogen-bond donors (Lipinski definition) is 3. The number of rotatable bonds is 9. The van der Waals surface area contributed by atoms with Gasteiger partial charge in [-0.2, -0.15) is 5.26 Å². The molecule has 0 unspecified atom stereocenters. The van der Waals surface area contributed by atoms with Crippen molar-refractivity contribution in [1.82, 2.24) is 9.97 Å². The van der Waals surface area contributed by atoms with Crippen LogP contribution in [0.3, 0.4) is 0 Å². The number of Topliss-reactive ketones (excluding diaryl/α,β-unsaturated/α-hetero) is 1. The fourth-order valence-electron chi connectivity index (χ4n) is 3.45. The molecule has 0 amide bonds. The van der Waals surface area contributed by atoms with Crippen LogP contribution in [0.25, 0.3) is 0 Å². The summed E-state index contributed by atoms with van der Waals surface area (Å²) in [7, 11) is 3.14. The van der Waals surface area contributed by atoms with Gasteiger partial charge in [0.25, 0.3) is 0 Å². The molecule has 4 N–H and O–H groups in total. The molecule has 0 atom stereocenters. The number of amidine groups is 1. The van der Waals surface area contributed by atoms with Crippen molar-refractivity contribution in [3.8, 4) is 11.8 Å². The van der Waals surface area contributed by atoms with Crippen LogP contribution in [-0.4, -0.2) is 42.1 Å². The summed E-state index contributed by atoms with van der Waals surface area (Å²) in [5.74, 6) is 1.77. The van der Waals surface area contributed by atoms with Crippen LogP contribution in [0.4, 0.5) is 23.0 Å². The standard InChI is InChI=1S/C25H24N8O2/c1-28-14-31-25(27)17-4-3-5-19(24(17)35-2)32-20-10-22(30-13-18(20)23(34)16-7-8-16)33-21-9-6-15(11-26)12-29-21/h3-6,9-10,12-14,16H,7-8H2,1-2H3,(H2,27,28,31)(H2,29,30,32,33). The fraction of sp³-hybridized carbons (Fsp3) is 0.200. The average Bonchev–Trinajstić information content (AvgIpc) is 3.73. The lowest BCUT2D eigenvalue weighted by Gasteiger charge is -2.17. The topological polar surface area (TPSA) is 151 Å². The Morgan fingerprint density at radius 1 is 1.14 bits per heavy atom. The summed E-state index contributed by atoms with van der Waals surface area (Å²) in [6.45, 7) is 0. The number of carbonyl (C=O) groups excluding carboxylic acids is 1. The highest BCUT2D eigenvalue weighted by Crippen LogP contribution is 2.38. The van der Waals surface area contributed by atoms with E-state index < -0.39 is 0 Å². The lowest BCUT2D eigenvalue weighted by atomic mass is 10.1. The quantitative estimate of drug-likeness (QED) is 0.244. The third-order valence-corrected chi connectivity index (χ3v) is 5.34. The van der Waals surface area contributed by atoms with Gasteiger partial charge in [0.05, 0.1) is 35.2 Å². The average molecular weight is 469 g/mol. The first kappa shape index (κ1) is 23.4. The van der Waals surface area contributed by atoms with E-state index in [9.17, 15) is 4.79 Å². The van der Waals surface area contributed by atoms with Crippen LogP contribution >= 0.6 is 0 Å². The van der Waals surface area contributed by atoms with Gasteiger partial charge in [-0.1, -0.05) is 6.07 Å². The van der Waals surface area contributed by atoms with Crippen LogP contribution in [0.15, 0.2) is 58.8 Å². The number of pyridine rings is 2. The van der Waals surface area contributed by atoms with Crippen molar-refractivity contribution < 1.29 is 9.53 Å². The molecule has 0 saturated heterocycles. The van der Waals surface area contributed by atoms with Gasteiger partial charge in [-0.25, -0.2) is 15.0 Å². The highest BCUT2D eigenvalue weighted by Gasteiger charge is 2.32. The van der Waals surface area contributed by atoms with E-state index in [4.69, 9.17) is 15.7 Å². The van der Waals surface area contributed by atoms with Crippen molar-refractivity contribution in [2.45, 2.75) is 12.8 Å². The number of ketones is 1. The number of nitriles is 1. The molecule has 2 aromatic heterocycles. The number of aromatic nitrogens is 2. The monoisotopic (exact) mass is 468 g/mol. The van der Waals surface area contributed by atoms with Gasteiger partial charge in [0, 0.05) is 31.4 Å². The molecule has 1 aliphatic carbocycles. The molecule has 2 heterocycles. The van der Waals surface area contributed by atoms with Crippen LogP contribution in [0, 0.1) is 17.2 Å². The Morgan fingerprint density at radius 3 is 2.60 bits per heavy atom. The number of benzene rings is 1. The summed E-state index contributed by atoms with van der Waals surface area (Å²) in [5.41, 5.74) is 8.82. The van der Waals surface area contributed by atoms with Gasteiger partial charge in [-0.05, 0) is 37.1 Å². The van der Waals surface area contributed by atoms with E-state index >= 15 is 0 Å². The lowest BCUT2D eigenvalue weighted by molar-refractivity contribution is 0.0968. The minimum atomic E-state index is 0.0145. The zero-order valence-corrected chi connectivity index (χ0v) is 19.3. The minimum absolute atomic E-state index is 0.0145. The second-order valence-electron chi connectivity index (χ2n) is 7.82. The second-order valence-corrected chi connectivity index (χ2v) is 7.82. The molecule has 35 heavy (non-hydrogen) atoms. The molecule has 176 valence electrons. The Balaban J connectivity index is 1.71. The Hall–Kier alpha value is -4.78. The molecule has 0 bridgehead atoms. The summed E-state index contributed by atoms with van der Waals surface area (Å²) in [6, 6.07) is 12.5. The lowest BCUT2D eigenvalue weighted by Crippen LogP contribution is -2.15. The van der Waals surface area contributed by atoms with E-state index in [0.29, 0.717) is 45.5 Å². The number of ether oxygens (including phenoxy) is 1. The molecule has 1 aliphatic rings. The SMILES string of the molecule is CN=CN=C(N)c1cccc(Nc2cc(Nc3ccc(C#N)cn3)ncc2C(=O)C2CC2)c1OC. The van der Waals surface area contributed by atoms with Crippen LogP contribution < -0.4 is 21.1 Å². The van der Waals surface area contributed by atoms with Crippen molar-refractivity contribution in [2.24, 2.45) is 21.6 Å². The van der Waals surface area contributed by atoms with E-state index in [2.05, 4.69) is 30.6 Å². The van der Waals surface area contributed by atoms with E-state index in [1.807, 2.05) is 18.2 Å². The van der Waals surface area contributed by atoms with Crippen molar-refractivity contribution >= 4 is 41.0 Å². The third kappa shape index (κ3) is 5.42. The first-order valence-electron chi connectivity index (χ1n) is 10.9. The molecule has 10 nitrogen and oxygen atoms in total. The van der Waals surface area contributed by atoms with Gasteiger partial charge in [0.15, 0.2) is 11.5 Å². The molecule has 10 heteroatoms. The van der Waals surface area contributed by atoms with Crippen LogP contribution in [-0.2, 0) is 0 Å². The number of nitrogens with two attached hydrogens (primary N) is 1. The largest absolute Gasteiger partial charge is 0.494 e. The fourth-order valence-corrected chi connectivity index (χ4v) is 3.45. The Kier molecular flexibility index (Phi) is 6.97. The Labute approximate surface area is 202 Å². The number of carbonyl (C=O) groups is 1. The molecule has 1 saturated carbocycles. The highest BCUT2D eigenvalue weighted by molar-refractivity contribution is 6.06. The number of aliphatic imine (C=N–C) groups is 2. The van der Waals surface area contributed by atoms with Crippen LogP contribution in [0.5, 0.6) is 5.75 Å². The smallest absolute Gasteiger partial charge is 0.169 e. The number of para-hydroxylation sites is 1. The number of anilines is 4. The number of hydrogen-bond acceptors (Lipinski definition) is 8. The number of nitrogens with one attached hydrogen (secondary N) is 2. The molecular formula is C25H24N8O2. The van der Waals surface area contributed by atoms with E-state index in [-0.39, 0.29) is 17.5 Å². The Bertz CT molecular complexity index is 1340. The summed E-state index contributed by atoms with van der Waals surface area (Å²) >= 11 is 0. The molecule has 0 spiro atoms. The van der Waals surface area contributed by atoms with Gasteiger partial charge >= 0.3 is 0 Å². The van der Waals surface area contributed by atoms with Gasteiger partial charge in [-0.15, -0.1) is 0 Å². The third-order valence-electron chi connectivity index (χ3n) is 5.34. The predicted molar refractivity (Wildman–Crippen MR) is 135 cm³/mol. The molecular weight excluding hydrogens is 444 g/mol. The predicted octanol–water partition coefficient (Wildman–Crippen LogP) is 3.80. The maximum atomic E-state index is 13.0. The van der Waals surface area contributed by atoms with E-state index in [1.165, 1.54) is 19.6 Å². The molecule has 3 aromatic rings. The van der Waals surface area contributed by atoms with Gasteiger partial charge in [0.2, 0.25) is 0 Å². The molecule has 0 aliphatic heterocycles. The summed E-state index contributed by atoms with van der Waals surface area (Å²) < 4.78 is 5.64.